The van der Waals surface area contributed by atoms with Crippen molar-refractivity contribution in [1.29, 1.82) is 0 Å². The van der Waals surface area contributed by atoms with E-state index in [2.05, 4.69) is 14.9 Å². The smallest absolute Gasteiger partial charge is 0.213 e. The molecule has 7 heteroatoms. The molecule has 0 spiro atoms. The summed E-state index contributed by atoms with van der Waals surface area (Å²) in [6.45, 7) is 4.39. The maximum Gasteiger partial charge on any atom is 0.213 e. The molecule has 1 aliphatic heterocycles. The van der Waals surface area contributed by atoms with Crippen molar-refractivity contribution in [2.75, 3.05) is 45.6 Å². The van der Waals surface area contributed by atoms with Crippen molar-refractivity contribution in [2.24, 2.45) is 0 Å². The third-order valence-electron chi connectivity index (χ3n) is 3.66. The van der Waals surface area contributed by atoms with Gasteiger partial charge >= 0.3 is 0 Å². The van der Waals surface area contributed by atoms with E-state index in [1.165, 1.54) is 0 Å². The van der Waals surface area contributed by atoms with Gasteiger partial charge in [-0.1, -0.05) is 0 Å². The highest BCUT2D eigenvalue weighted by atomic mass is 32.2. The Labute approximate surface area is 109 Å². The lowest BCUT2D eigenvalue weighted by molar-refractivity contribution is 0.0236. The van der Waals surface area contributed by atoms with E-state index in [0.29, 0.717) is 6.54 Å². The highest BCUT2D eigenvalue weighted by Crippen LogP contribution is 2.23. The summed E-state index contributed by atoms with van der Waals surface area (Å²) in [6, 6.07) is 0.0722. The molecule has 2 N–H and O–H groups in total. The van der Waals surface area contributed by atoms with Crippen LogP contribution in [0.2, 0.25) is 0 Å². The number of sulfonamides is 1. The second-order valence-electron chi connectivity index (χ2n) is 5.05. The van der Waals surface area contributed by atoms with Crippen LogP contribution in [-0.2, 0) is 14.8 Å². The summed E-state index contributed by atoms with van der Waals surface area (Å²) in [6.07, 6.45) is 1.82. The minimum Gasteiger partial charge on any atom is -0.381 e. The first-order valence-corrected chi connectivity index (χ1v) is 8.20. The average Bonchev–Trinajstić information content (AvgIpc) is 2.32. The second kappa shape index (κ2) is 6.29. The van der Waals surface area contributed by atoms with Crippen molar-refractivity contribution in [2.45, 2.75) is 25.0 Å². The minimum absolute atomic E-state index is 0.0722. The summed E-state index contributed by atoms with van der Waals surface area (Å²) >= 11 is 0. The van der Waals surface area contributed by atoms with Gasteiger partial charge in [0.25, 0.3) is 0 Å². The van der Waals surface area contributed by atoms with Crippen molar-refractivity contribution >= 4 is 10.0 Å². The third kappa shape index (κ3) is 4.17. The Morgan fingerprint density at radius 2 is 2.00 bits per heavy atom. The van der Waals surface area contributed by atoms with Crippen molar-refractivity contribution in [3.63, 3.8) is 0 Å². The summed E-state index contributed by atoms with van der Waals surface area (Å²) in [5, 5.41) is 3.25. The highest BCUT2D eigenvalue weighted by Gasteiger charge is 2.32. The van der Waals surface area contributed by atoms with E-state index in [1.807, 2.05) is 0 Å². The van der Waals surface area contributed by atoms with Crippen LogP contribution < -0.4 is 10.0 Å². The zero-order valence-corrected chi connectivity index (χ0v) is 11.7. The van der Waals surface area contributed by atoms with Gasteiger partial charge in [0.15, 0.2) is 0 Å². The van der Waals surface area contributed by atoms with E-state index in [1.54, 1.807) is 7.11 Å². The van der Waals surface area contributed by atoms with Gasteiger partial charge in [-0.15, -0.1) is 0 Å². The monoisotopic (exact) mass is 277 g/mol. The lowest BCUT2D eigenvalue weighted by atomic mass is 9.90. The molecule has 0 aromatic heterocycles. The van der Waals surface area contributed by atoms with E-state index >= 15 is 0 Å². The Balaban J connectivity index is 1.67. The van der Waals surface area contributed by atoms with Crippen LogP contribution in [0.5, 0.6) is 0 Å². The fourth-order valence-electron chi connectivity index (χ4n) is 2.35. The van der Waals surface area contributed by atoms with Crippen LogP contribution in [0.15, 0.2) is 0 Å². The third-order valence-corrected chi connectivity index (χ3v) is 5.07. The Morgan fingerprint density at radius 3 is 2.61 bits per heavy atom. The Bertz CT molecular complexity index is 349. The number of rotatable bonds is 6. The molecule has 6 nitrogen and oxygen atoms in total. The van der Waals surface area contributed by atoms with Crippen molar-refractivity contribution in [3.8, 4) is 0 Å². The van der Waals surface area contributed by atoms with Crippen molar-refractivity contribution < 1.29 is 13.2 Å². The van der Waals surface area contributed by atoms with Crippen LogP contribution in [0, 0.1) is 0 Å². The standard InChI is InChI=1S/C11H23N3O3S/c1-17-11-8-10(9-11)13-18(15,16)7-6-14-4-2-12-3-5-14/h10-13H,2-9H2,1H3. The average molecular weight is 277 g/mol. The molecule has 106 valence electrons. The number of hydrogen-bond acceptors (Lipinski definition) is 5. The van der Waals surface area contributed by atoms with Gasteiger partial charge < -0.3 is 10.1 Å². The molecule has 0 aromatic rings. The molecule has 1 saturated carbocycles. The van der Waals surface area contributed by atoms with E-state index in [0.717, 1.165) is 39.0 Å². The zero-order chi connectivity index (χ0) is 13.0. The predicted octanol–water partition coefficient (Wildman–Crippen LogP) is -1.01. The molecule has 18 heavy (non-hydrogen) atoms. The summed E-state index contributed by atoms with van der Waals surface area (Å²) in [5.74, 6) is 0.196. The molecule has 1 heterocycles. The molecule has 0 amide bonds. The summed E-state index contributed by atoms with van der Waals surface area (Å²) in [7, 11) is -1.47. The SMILES string of the molecule is COC1CC(NS(=O)(=O)CCN2CCNCC2)C1. The second-order valence-corrected chi connectivity index (χ2v) is 6.93. The molecule has 0 bridgehead atoms. The lowest BCUT2D eigenvalue weighted by Gasteiger charge is -2.34. The first-order chi connectivity index (χ1) is 8.59. The van der Waals surface area contributed by atoms with Gasteiger partial charge in [-0.2, -0.15) is 0 Å². The molecule has 0 aromatic carbocycles. The maximum absolute atomic E-state index is 11.9. The van der Waals surface area contributed by atoms with E-state index in [-0.39, 0.29) is 17.9 Å². The van der Waals surface area contributed by atoms with Crippen molar-refractivity contribution in [1.82, 2.24) is 14.9 Å². The number of piperazine rings is 1. The Morgan fingerprint density at radius 1 is 1.33 bits per heavy atom. The number of nitrogens with zero attached hydrogens (tertiary/aromatic N) is 1. The Kier molecular flexibility index (Phi) is 4.97. The van der Waals surface area contributed by atoms with Crippen LogP contribution >= 0.6 is 0 Å². The fraction of sp³-hybridized carbons (Fsp3) is 1.00. The molecule has 0 unspecified atom stereocenters. The van der Waals surface area contributed by atoms with Crippen LogP contribution in [0.3, 0.4) is 0 Å². The summed E-state index contributed by atoms with van der Waals surface area (Å²) < 4.78 is 31.6. The van der Waals surface area contributed by atoms with E-state index in [9.17, 15) is 8.42 Å². The van der Waals surface area contributed by atoms with E-state index in [4.69, 9.17) is 4.74 Å². The van der Waals surface area contributed by atoms with Gasteiger partial charge in [-0.25, -0.2) is 13.1 Å². The van der Waals surface area contributed by atoms with Gasteiger partial charge in [0.05, 0.1) is 11.9 Å². The normalized spacial score (nSPS) is 30.1. The van der Waals surface area contributed by atoms with E-state index < -0.39 is 10.0 Å². The van der Waals surface area contributed by atoms with Crippen molar-refractivity contribution in [3.05, 3.63) is 0 Å². The number of hydrogen-bond donors (Lipinski definition) is 2. The van der Waals surface area contributed by atoms with Crippen LogP contribution in [-0.4, -0.2) is 71.0 Å². The maximum atomic E-state index is 11.9. The Hall–Kier alpha value is -0.210. The zero-order valence-electron chi connectivity index (χ0n) is 10.9. The molecule has 0 radical (unpaired) electrons. The topological polar surface area (TPSA) is 70.7 Å². The first kappa shape index (κ1) is 14.2. The van der Waals surface area contributed by atoms with Gasteiger partial charge in [-0.3, -0.25) is 4.90 Å². The molecular weight excluding hydrogens is 254 g/mol. The molecule has 2 aliphatic rings. The van der Waals surface area contributed by atoms with Gasteiger partial charge in [0, 0.05) is 45.9 Å². The number of ether oxygens (including phenoxy) is 1. The molecule has 1 saturated heterocycles. The summed E-state index contributed by atoms with van der Waals surface area (Å²) in [4.78, 5) is 2.19. The minimum atomic E-state index is -3.14. The number of methoxy groups -OCH3 is 1. The predicted molar refractivity (Wildman–Crippen MR) is 70.1 cm³/mol. The molecular formula is C11H23N3O3S. The van der Waals surface area contributed by atoms with Crippen LogP contribution in [0.1, 0.15) is 12.8 Å². The quantitative estimate of drug-likeness (QED) is 0.651. The molecule has 2 fully saturated rings. The van der Waals surface area contributed by atoms with Gasteiger partial charge in [0.1, 0.15) is 0 Å². The molecule has 1 aliphatic carbocycles. The fourth-order valence-corrected chi connectivity index (χ4v) is 3.67. The highest BCUT2D eigenvalue weighted by molar-refractivity contribution is 7.89. The number of nitrogens with one attached hydrogen (secondary N) is 2. The van der Waals surface area contributed by atoms with Crippen LogP contribution in [0.25, 0.3) is 0 Å². The molecule has 2 rings (SSSR count). The first-order valence-electron chi connectivity index (χ1n) is 6.55. The largest absolute Gasteiger partial charge is 0.381 e. The summed E-state index contributed by atoms with van der Waals surface area (Å²) in [5.41, 5.74) is 0. The van der Waals surface area contributed by atoms with Gasteiger partial charge in [-0.05, 0) is 12.8 Å². The van der Waals surface area contributed by atoms with Gasteiger partial charge in [0.2, 0.25) is 10.0 Å². The van der Waals surface area contributed by atoms with Crippen LogP contribution in [0.4, 0.5) is 0 Å². The lowest BCUT2D eigenvalue weighted by Crippen LogP contribution is -2.50. The molecule has 0 atom stereocenters.